The van der Waals surface area contributed by atoms with Crippen LogP contribution in [0.2, 0.25) is 0 Å². The first-order valence-corrected chi connectivity index (χ1v) is 7.40. The zero-order chi connectivity index (χ0) is 15.7. The lowest BCUT2D eigenvalue weighted by Crippen LogP contribution is -2.30. The van der Waals surface area contributed by atoms with Gasteiger partial charge in [0.2, 0.25) is 5.69 Å². The van der Waals surface area contributed by atoms with E-state index in [0.717, 1.165) is 19.3 Å². The Balaban J connectivity index is 2.05. The van der Waals surface area contributed by atoms with Crippen LogP contribution in [-0.4, -0.2) is 20.6 Å². The van der Waals surface area contributed by atoms with Crippen LogP contribution in [0.15, 0.2) is 18.5 Å². The molecule has 7 nitrogen and oxygen atoms in total. The molecule has 0 aromatic carbocycles. The quantitative estimate of drug-likeness (QED) is 0.531. The summed E-state index contributed by atoms with van der Waals surface area (Å²) in [7, 11) is 0. The van der Waals surface area contributed by atoms with E-state index in [-0.39, 0.29) is 11.7 Å². The lowest BCUT2D eigenvalue weighted by atomic mass is 9.86. The minimum Gasteiger partial charge on any atom is -0.389 e. The van der Waals surface area contributed by atoms with Crippen LogP contribution in [0.1, 0.15) is 32.6 Å². The Kier molecular flexibility index (Phi) is 3.67. The number of nitrogens with zero attached hydrogens (tertiary/aromatic N) is 4. The van der Waals surface area contributed by atoms with Crippen molar-refractivity contribution < 1.29 is 4.92 Å². The van der Waals surface area contributed by atoms with Crippen molar-refractivity contribution in [3.05, 3.63) is 40.0 Å². The summed E-state index contributed by atoms with van der Waals surface area (Å²) in [6, 6.07) is 1.76. The molecule has 0 aliphatic heterocycles. The normalized spacial score (nSPS) is 21.5. The summed E-state index contributed by atoms with van der Waals surface area (Å²) >= 11 is 0. The number of hydrogen-bond donors (Lipinski definition) is 1. The van der Waals surface area contributed by atoms with Crippen LogP contribution in [0.3, 0.4) is 0 Å². The van der Waals surface area contributed by atoms with Gasteiger partial charge in [-0.25, -0.2) is 9.36 Å². The van der Waals surface area contributed by atoms with E-state index in [1.807, 2.05) is 0 Å². The summed E-state index contributed by atoms with van der Waals surface area (Å²) in [5.41, 5.74) is 1.61. The molecule has 1 saturated carbocycles. The smallest absolute Gasteiger partial charge is 0.289 e. The van der Waals surface area contributed by atoms with E-state index < -0.39 is 4.92 Å². The largest absolute Gasteiger partial charge is 0.389 e. The standard InChI is InChI=1S/C15H17N5O2/c1-10-5-3-4-6-12(10)18-15-13(16-2)8-17-19-9-11(20(21)22)7-14(15)19/h7-10,12,18H,3-6H2,1H3. The molecular weight excluding hydrogens is 282 g/mol. The van der Waals surface area contributed by atoms with E-state index in [0.29, 0.717) is 22.8 Å². The molecule has 2 unspecified atom stereocenters. The van der Waals surface area contributed by atoms with Crippen LogP contribution in [-0.2, 0) is 0 Å². The predicted octanol–water partition coefficient (Wildman–Crippen LogP) is 3.78. The lowest BCUT2D eigenvalue weighted by Gasteiger charge is -2.31. The van der Waals surface area contributed by atoms with E-state index in [4.69, 9.17) is 6.57 Å². The molecule has 7 heteroatoms. The van der Waals surface area contributed by atoms with Crippen LogP contribution >= 0.6 is 0 Å². The van der Waals surface area contributed by atoms with E-state index in [1.54, 1.807) is 0 Å². The van der Waals surface area contributed by atoms with Gasteiger partial charge in [0.25, 0.3) is 5.69 Å². The van der Waals surface area contributed by atoms with Crippen LogP contribution < -0.4 is 5.32 Å². The molecule has 0 bridgehead atoms. The lowest BCUT2D eigenvalue weighted by molar-refractivity contribution is -0.384. The summed E-state index contributed by atoms with van der Waals surface area (Å²) in [4.78, 5) is 14.0. The van der Waals surface area contributed by atoms with Gasteiger partial charge in [0.05, 0.1) is 28.9 Å². The third-order valence-corrected chi connectivity index (χ3v) is 4.38. The van der Waals surface area contributed by atoms with Gasteiger partial charge < -0.3 is 5.32 Å². The number of aromatic nitrogens is 2. The number of rotatable bonds is 3. The van der Waals surface area contributed by atoms with Crippen molar-refractivity contribution in [2.45, 2.75) is 38.6 Å². The first-order chi connectivity index (χ1) is 10.6. The van der Waals surface area contributed by atoms with Crippen LogP contribution in [0, 0.1) is 22.6 Å². The maximum Gasteiger partial charge on any atom is 0.289 e. The third-order valence-electron chi connectivity index (χ3n) is 4.38. The van der Waals surface area contributed by atoms with Gasteiger partial charge in [-0.1, -0.05) is 19.8 Å². The van der Waals surface area contributed by atoms with Gasteiger partial charge in [0, 0.05) is 12.1 Å². The SMILES string of the molecule is [C-]#[N+]c1cnn2cc([N+](=O)[O-])cc2c1NC1CCCCC1C. The van der Waals surface area contributed by atoms with E-state index in [2.05, 4.69) is 22.2 Å². The van der Waals surface area contributed by atoms with E-state index in [9.17, 15) is 10.1 Å². The second kappa shape index (κ2) is 5.64. The zero-order valence-corrected chi connectivity index (χ0v) is 12.3. The highest BCUT2D eigenvalue weighted by atomic mass is 16.6. The molecule has 22 heavy (non-hydrogen) atoms. The minimum absolute atomic E-state index is 0.0191. The number of hydrogen-bond acceptors (Lipinski definition) is 4. The first kappa shape index (κ1) is 14.3. The van der Waals surface area contributed by atoms with Crippen molar-refractivity contribution in [1.29, 1.82) is 0 Å². The molecule has 114 valence electrons. The molecule has 0 spiro atoms. The molecule has 1 N–H and O–H groups in total. The van der Waals surface area contributed by atoms with Crippen molar-refractivity contribution in [3.63, 3.8) is 0 Å². The number of nitro groups is 1. The molecule has 2 atom stereocenters. The monoisotopic (exact) mass is 299 g/mol. The maximum absolute atomic E-state index is 11.0. The fourth-order valence-corrected chi connectivity index (χ4v) is 3.08. The fraction of sp³-hybridized carbons (Fsp3) is 0.467. The molecule has 2 heterocycles. The highest BCUT2D eigenvalue weighted by Crippen LogP contribution is 2.35. The fourth-order valence-electron chi connectivity index (χ4n) is 3.08. The van der Waals surface area contributed by atoms with Crippen molar-refractivity contribution >= 4 is 22.6 Å². The highest BCUT2D eigenvalue weighted by molar-refractivity contribution is 5.86. The summed E-state index contributed by atoms with van der Waals surface area (Å²) in [5, 5.41) is 18.5. The van der Waals surface area contributed by atoms with Crippen molar-refractivity contribution in [3.8, 4) is 0 Å². The summed E-state index contributed by atoms with van der Waals surface area (Å²) in [6.07, 6.45) is 7.44. The number of anilines is 1. The molecule has 0 radical (unpaired) electrons. The van der Waals surface area contributed by atoms with Crippen molar-refractivity contribution in [2.24, 2.45) is 5.92 Å². The van der Waals surface area contributed by atoms with Gasteiger partial charge in [0.15, 0.2) is 0 Å². The topological polar surface area (TPSA) is 76.8 Å². The van der Waals surface area contributed by atoms with Gasteiger partial charge in [-0.15, -0.1) is 0 Å². The Hall–Kier alpha value is -2.62. The zero-order valence-electron chi connectivity index (χ0n) is 12.3. The van der Waals surface area contributed by atoms with Gasteiger partial charge in [-0.3, -0.25) is 10.1 Å². The Bertz CT molecular complexity index is 761. The molecule has 1 aliphatic carbocycles. The van der Waals surface area contributed by atoms with Crippen molar-refractivity contribution in [1.82, 2.24) is 9.61 Å². The average molecular weight is 299 g/mol. The highest BCUT2D eigenvalue weighted by Gasteiger charge is 2.24. The summed E-state index contributed by atoms with van der Waals surface area (Å²) in [5.74, 6) is 0.519. The van der Waals surface area contributed by atoms with Gasteiger partial charge in [-0.05, 0) is 18.8 Å². The van der Waals surface area contributed by atoms with E-state index in [1.165, 1.54) is 29.4 Å². The first-order valence-electron chi connectivity index (χ1n) is 7.40. The molecule has 1 fully saturated rings. The van der Waals surface area contributed by atoms with Crippen LogP contribution in [0.4, 0.5) is 17.1 Å². The molecule has 0 saturated heterocycles. The average Bonchev–Trinajstić information content (AvgIpc) is 2.94. The molecule has 3 rings (SSSR count). The third kappa shape index (κ3) is 2.48. The Morgan fingerprint density at radius 2 is 2.27 bits per heavy atom. The van der Waals surface area contributed by atoms with Gasteiger partial charge >= 0.3 is 0 Å². The minimum atomic E-state index is -0.445. The molecule has 0 amide bonds. The van der Waals surface area contributed by atoms with Gasteiger partial charge in [0.1, 0.15) is 6.20 Å². The van der Waals surface area contributed by atoms with E-state index >= 15 is 0 Å². The van der Waals surface area contributed by atoms with Crippen LogP contribution in [0.25, 0.3) is 10.4 Å². The second-order valence-corrected chi connectivity index (χ2v) is 5.81. The molecule has 2 aromatic heterocycles. The predicted molar refractivity (Wildman–Crippen MR) is 83.2 cm³/mol. The Labute approximate surface area is 127 Å². The summed E-state index contributed by atoms with van der Waals surface area (Å²) in [6.45, 7) is 9.52. The molecular formula is C15H17N5O2. The Morgan fingerprint density at radius 1 is 1.50 bits per heavy atom. The van der Waals surface area contributed by atoms with Crippen LogP contribution in [0.5, 0.6) is 0 Å². The van der Waals surface area contributed by atoms with Crippen molar-refractivity contribution in [2.75, 3.05) is 5.32 Å². The molecule has 1 aliphatic rings. The number of fused-ring (bicyclic) bond motifs is 1. The number of nitrogens with one attached hydrogen (secondary N) is 1. The maximum atomic E-state index is 11.0. The Morgan fingerprint density at radius 3 is 2.95 bits per heavy atom. The second-order valence-electron chi connectivity index (χ2n) is 5.81. The van der Waals surface area contributed by atoms with Gasteiger partial charge in [-0.2, -0.15) is 5.10 Å². The summed E-state index contributed by atoms with van der Waals surface area (Å²) < 4.78 is 1.46. The molecule has 2 aromatic rings.